The lowest BCUT2D eigenvalue weighted by Crippen LogP contribution is -2.04. The summed E-state index contributed by atoms with van der Waals surface area (Å²) in [4.78, 5) is 0. The molecule has 3 heteroatoms. The molecule has 20 heavy (non-hydrogen) atoms. The Labute approximate surface area is 123 Å². The third-order valence-electron chi connectivity index (χ3n) is 2.85. The Morgan fingerprint density at radius 3 is 2.00 bits per heavy atom. The van der Waals surface area contributed by atoms with Crippen LogP contribution in [0.15, 0.2) is 46.5 Å². The van der Waals surface area contributed by atoms with Gasteiger partial charge in [0.2, 0.25) is 0 Å². The van der Waals surface area contributed by atoms with Gasteiger partial charge in [0.15, 0.2) is 0 Å². The van der Waals surface area contributed by atoms with Crippen molar-refractivity contribution in [3.8, 4) is 0 Å². The summed E-state index contributed by atoms with van der Waals surface area (Å²) in [6.07, 6.45) is 7.03. The molecule has 0 N–H and O–H groups in total. The molecular formula is C17H28O3. The maximum Gasteiger partial charge on any atom is 0.127 e. The van der Waals surface area contributed by atoms with E-state index in [0.29, 0.717) is 6.61 Å². The van der Waals surface area contributed by atoms with Crippen molar-refractivity contribution < 1.29 is 14.2 Å². The number of rotatable bonds is 8. The van der Waals surface area contributed by atoms with Crippen LogP contribution in [0.1, 0.15) is 34.1 Å². The van der Waals surface area contributed by atoms with Gasteiger partial charge in [0.25, 0.3) is 0 Å². The van der Waals surface area contributed by atoms with Gasteiger partial charge >= 0.3 is 0 Å². The molecule has 0 radical (unpaired) electrons. The molecule has 0 atom stereocenters. The van der Waals surface area contributed by atoms with Gasteiger partial charge in [-0.25, -0.2) is 0 Å². The van der Waals surface area contributed by atoms with E-state index in [4.69, 9.17) is 14.2 Å². The summed E-state index contributed by atoms with van der Waals surface area (Å²) < 4.78 is 16.0. The Morgan fingerprint density at radius 2 is 1.60 bits per heavy atom. The number of hydrogen-bond donors (Lipinski definition) is 0. The molecule has 0 spiro atoms. The molecule has 114 valence electrons. The van der Waals surface area contributed by atoms with Gasteiger partial charge in [-0.2, -0.15) is 0 Å². The fourth-order valence-corrected chi connectivity index (χ4v) is 1.68. The van der Waals surface area contributed by atoms with Gasteiger partial charge in [0.05, 0.1) is 26.6 Å². The van der Waals surface area contributed by atoms with E-state index in [0.717, 1.165) is 23.5 Å². The fraction of sp³-hybridized carbons (Fsp3) is 0.529. The molecule has 0 saturated heterocycles. The summed E-state index contributed by atoms with van der Waals surface area (Å²) in [5, 5.41) is 0. The van der Waals surface area contributed by atoms with Crippen molar-refractivity contribution in [1.29, 1.82) is 0 Å². The van der Waals surface area contributed by atoms with E-state index in [1.807, 2.05) is 13.0 Å². The minimum atomic E-state index is 0.507. The Hall–Kier alpha value is -1.48. The van der Waals surface area contributed by atoms with Crippen molar-refractivity contribution in [3.63, 3.8) is 0 Å². The highest BCUT2D eigenvalue weighted by atomic mass is 16.5. The topological polar surface area (TPSA) is 27.7 Å². The molecule has 0 aliphatic carbocycles. The molecule has 0 heterocycles. The van der Waals surface area contributed by atoms with Crippen molar-refractivity contribution in [2.24, 2.45) is 0 Å². The highest BCUT2D eigenvalue weighted by Gasteiger charge is 2.10. The second kappa shape index (κ2) is 10.3. The summed E-state index contributed by atoms with van der Waals surface area (Å²) in [5.74, 6) is 1.58. The molecule has 0 aromatic heterocycles. The van der Waals surface area contributed by atoms with E-state index in [-0.39, 0.29) is 0 Å². The summed E-state index contributed by atoms with van der Waals surface area (Å²) in [6, 6.07) is 0. The largest absolute Gasteiger partial charge is 0.501 e. The quantitative estimate of drug-likeness (QED) is 0.487. The van der Waals surface area contributed by atoms with Crippen LogP contribution in [0, 0.1) is 0 Å². The molecule has 0 unspecified atom stereocenters. The summed E-state index contributed by atoms with van der Waals surface area (Å²) >= 11 is 0. The van der Waals surface area contributed by atoms with Crippen LogP contribution in [0.25, 0.3) is 0 Å². The van der Waals surface area contributed by atoms with Crippen LogP contribution >= 0.6 is 0 Å². The molecule has 0 rings (SSSR count). The van der Waals surface area contributed by atoms with Crippen molar-refractivity contribution >= 4 is 0 Å². The van der Waals surface area contributed by atoms with Gasteiger partial charge in [0, 0.05) is 18.8 Å². The molecule has 3 nitrogen and oxygen atoms in total. The maximum absolute atomic E-state index is 5.51. The maximum atomic E-state index is 5.51. The lowest BCUT2D eigenvalue weighted by atomic mass is 10.0. The molecule has 0 aromatic rings. The number of ether oxygens (including phenoxy) is 3. The Balaban J connectivity index is 5.77. The molecule has 0 aromatic carbocycles. The molecular weight excluding hydrogens is 252 g/mol. The second-order valence-electron chi connectivity index (χ2n) is 4.73. The Kier molecular flexibility index (Phi) is 9.56. The number of hydrogen-bond acceptors (Lipinski definition) is 3. The molecule has 0 bridgehead atoms. The highest BCUT2D eigenvalue weighted by molar-refractivity contribution is 5.40. The van der Waals surface area contributed by atoms with E-state index in [2.05, 4.69) is 32.9 Å². The molecule has 0 saturated carbocycles. The Morgan fingerprint density at radius 1 is 0.950 bits per heavy atom. The highest BCUT2D eigenvalue weighted by Crippen LogP contribution is 2.21. The predicted molar refractivity (Wildman–Crippen MR) is 84.5 cm³/mol. The van der Waals surface area contributed by atoms with Crippen molar-refractivity contribution in [3.05, 3.63) is 46.5 Å². The van der Waals surface area contributed by atoms with Crippen molar-refractivity contribution in [2.75, 3.05) is 27.9 Å². The fourth-order valence-electron chi connectivity index (χ4n) is 1.68. The first kappa shape index (κ1) is 18.5. The molecule has 0 aliphatic rings. The zero-order chi connectivity index (χ0) is 15.5. The lowest BCUT2D eigenvalue weighted by molar-refractivity contribution is 0.216. The van der Waals surface area contributed by atoms with E-state index in [1.165, 1.54) is 11.1 Å². The first-order valence-electron chi connectivity index (χ1n) is 6.82. The second-order valence-corrected chi connectivity index (χ2v) is 4.73. The smallest absolute Gasteiger partial charge is 0.127 e. The van der Waals surface area contributed by atoms with Crippen LogP contribution in [0.4, 0.5) is 0 Å². The summed E-state index contributed by atoms with van der Waals surface area (Å²) in [6.45, 7) is 8.69. The first-order chi connectivity index (χ1) is 9.49. The van der Waals surface area contributed by atoms with Crippen LogP contribution in [0.2, 0.25) is 0 Å². The molecule has 0 amide bonds. The minimum Gasteiger partial charge on any atom is -0.501 e. The third kappa shape index (κ3) is 6.62. The van der Waals surface area contributed by atoms with Gasteiger partial charge in [-0.1, -0.05) is 24.6 Å². The molecule has 0 aliphatic heterocycles. The van der Waals surface area contributed by atoms with E-state index in [9.17, 15) is 0 Å². The average Bonchev–Trinajstić information content (AvgIpc) is 2.43. The van der Waals surface area contributed by atoms with Crippen LogP contribution in [-0.2, 0) is 14.2 Å². The molecule has 0 fully saturated rings. The van der Waals surface area contributed by atoms with Gasteiger partial charge in [-0.15, -0.1) is 0 Å². The van der Waals surface area contributed by atoms with Crippen LogP contribution in [-0.4, -0.2) is 27.9 Å². The van der Waals surface area contributed by atoms with Gasteiger partial charge < -0.3 is 14.2 Å². The summed E-state index contributed by atoms with van der Waals surface area (Å²) in [7, 11) is 5.00. The monoisotopic (exact) mass is 280 g/mol. The SMILES string of the molecule is CCC(=C\C=C(C)C)/C(COC)=C(/C=C(\C)OC)OC. The first-order valence-corrected chi connectivity index (χ1v) is 6.82. The third-order valence-corrected chi connectivity index (χ3v) is 2.85. The van der Waals surface area contributed by atoms with Gasteiger partial charge in [0.1, 0.15) is 5.76 Å². The zero-order valence-corrected chi connectivity index (χ0v) is 13.9. The van der Waals surface area contributed by atoms with Gasteiger partial charge in [-0.3, -0.25) is 0 Å². The van der Waals surface area contributed by atoms with Gasteiger partial charge in [-0.05, 0) is 32.8 Å². The number of allylic oxidation sites excluding steroid dienone is 5. The minimum absolute atomic E-state index is 0.507. The van der Waals surface area contributed by atoms with Crippen LogP contribution < -0.4 is 0 Å². The Bertz CT molecular complexity index is 408. The number of methoxy groups -OCH3 is 3. The average molecular weight is 280 g/mol. The standard InChI is InChI=1S/C17H28O3/c1-8-15(10-9-13(2)3)16(12-18-5)17(20-7)11-14(4)19-6/h9-11H,8,12H2,1-7H3/b14-11+,15-10+,17-16-. The van der Waals surface area contributed by atoms with E-state index < -0.39 is 0 Å². The summed E-state index contributed by atoms with van der Waals surface area (Å²) in [5.41, 5.74) is 3.51. The van der Waals surface area contributed by atoms with E-state index >= 15 is 0 Å². The van der Waals surface area contributed by atoms with Crippen molar-refractivity contribution in [1.82, 2.24) is 0 Å². The van der Waals surface area contributed by atoms with Crippen LogP contribution in [0.5, 0.6) is 0 Å². The van der Waals surface area contributed by atoms with Crippen molar-refractivity contribution in [2.45, 2.75) is 34.1 Å². The predicted octanol–water partition coefficient (Wildman–Crippen LogP) is 4.39. The van der Waals surface area contributed by atoms with E-state index in [1.54, 1.807) is 21.3 Å². The zero-order valence-electron chi connectivity index (χ0n) is 13.9. The normalized spacial score (nSPS) is 13.8. The van der Waals surface area contributed by atoms with Crippen LogP contribution in [0.3, 0.4) is 0 Å². The lowest BCUT2D eigenvalue weighted by Gasteiger charge is -2.14.